The Bertz CT molecular complexity index is 941. The third kappa shape index (κ3) is 8.42. The molecule has 7 heteroatoms. The lowest BCUT2D eigenvalue weighted by Gasteiger charge is -2.23. The van der Waals surface area contributed by atoms with Crippen molar-refractivity contribution in [2.75, 3.05) is 92.3 Å². The van der Waals surface area contributed by atoms with E-state index in [1.54, 1.807) is 0 Å². The summed E-state index contributed by atoms with van der Waals surface area (Å²) in [4.78, 5) is 2.33. The predicted molar refractivity (Wildman–Crippen MR) is 137 cm³/mol. The Morgan fingerprint density at radius 3 is 1.49 bits per heavy atom. The fourth-order valence-corrected chi connectivity index (χ4v) is 4.11. The fraction of sp³-hybridized carbons (Fsp3) is 0.500. The first kappa shape index (κ1) is 25.8. The van der Waals surface area contributed by atoms with Gasteiger partial charge in [0.05, 0.1) is 66.1 Å². The number of nitrogens with zero attached hydrogens (tertiary/aromatic N) is 1. The molecular formula is C28H37NO6. The molecule has 0 aliphatic carbocycles. The SMILES string of the molecule is c1ccc2c(OCCN3CCOCCOCCOCCOCCOCC3)c3ccccc3cc2c1. The zero-order chi connectivity index (χ0) is 24.0. The van der Waals surface area contributed by atoms with Crippen molar-refractivity contribution < 1.29 is 28.4 Å². The standard InChI is InChI=1S/C28H37NO6/c1-3-7-26-24(5-1)23-25-6-2-4-8-27(25)28(26)35-14-11-29-9-12-30-15-17-32-19-21-34-22-20-33-18-16-31-13-10-29/h1-8,23H,9-22H2. The zero-order valence-corrected chi connectivity index (χ0v) is 20.5. The van der Waals surface area contributed by atoms with Crippen LogP contribution < -0.4 is 4.74 Å². The van der Waals surface area contributed by atoms with E-state index in [2.05, 4.69) is 59.5 Å². The van der Waals surface area contributed by atoms with Crippen LogP contribution in [0.5, 0.6) is 5.75 Å². The van der Waals surface area contributed by atoms with E-state index in [0.29, 0.717) is 72.7 Å². The number of ether oxygens (including phenoxy) is 6. The Labute approximate surface area is 207 Å². The van der Waals surface area contributed by atoms with Crippen molar-refractivity contribution in [2.24, 2.45) is 0 Å². The van der Waals surface area contributed by atoms with Crippen LogP contribution in [0.3, 0.4) is 0 Å². The van der Waals surface area contributed by atoms with Crippen LogP contribution in [0.4, 0.5) is 0 Å². The van der Waals surface area contributed by atoms with Crippen LogP contribution in [0.15, 0.2) is 54.6 Å². The summed E-state index contributed by atoms with van der Waals surface area (Å²) in [6, 6.07) is 19.0. The summed E-state index contributed by atoms with van der Waals surface area (Å²) in [5, 5.41) is 4.66. The van der Waals surface area contributed by atoms with Gasteiger partial charge in [-0.05, 0) is 16.8 Å². The van der Waals surface area contributed by atoms with E-state index in [0.717, 1.165) is 36.2 Å². The fourth-order valence-electron chi connectivity index (χ4n) is 4.11. The molecule has 35 heavy (non-hydrogen) atoms. The normalized spacial score (nSPS) is 18.7. The minimum absolute atomic E-state index is 0.568. The first-order valence-electron chi connectivity index (χ1n) is 12.6. The molecule has 1 heterocycles. The largest absolute Gasteiger partial charge is 0.491 e. The van der Waals surface area contributed by atoms with Gasteiger partial charge < -0.3 is 28.4 Å². The average Bonchev–Trinajstić information content (AvgIpc) is 2.89. The maximum absolute atomic E-state index is 6.43. The van der Waals surface area contributed by atoms with E-state index >= 15 is 0 Å². The number of fused-ring (bicyclic) bond motifs is 2. The molecule has 0 bridgehead atoms. The third-order valence-electron chi connectivity index (χ3n) is 5.97. The molecule has 0 radical (unpaired) electrons. The third-order valence-corrected chi connectivity index (χ3v) is 5.97. The van der Waals surface area contributed by atoms with E-state index in [1.807, 2.05) is 0 Å². The maximum atomic E-state index is 6.43. The zero-order valence-electron chi connectivity index (χ0n) is 20.5. The minimum Gasteiger partial charge on any atom is -0.491 e. The van der Waals surface area contributed by atoms with Gasteiger partial charge in [0, 0.05) is 30.4 Å². The van der Waals surface area contributed by atoms with Crippen molar-refractivity contribution in [3.8, 4) is 5.75 Å². The van der Waals surface area contributed by atoms with E-state index in [-0.39, 0.29) is 0 Å². The summed E-state index contributed by atoms with van der Waals surface area (Å²) in [6.45, 7) is 8.83. The molecule has 0 amide bonds. The molecule has 0 N–H and O–H groups in total. The average molecular weight is 484 g/mol. The number of hydrogen-bond donors (Lipinski definition) is 0. The summed E-state index contributed by atoms with van der Waals surface area (Å²) in [7, 11) is 0. The lowest BCUT2D eigenvalue weighted by atomic mass is 10.0. The smallest absolute Gasteiger partial charge is 0.135 e. The summed E-state index contributed by atoms with van der Waals surface area (Å²) in [6.07, 6.45) is 0. The van der Waals surface area contributed by atoms with Crippen LogP contribution in [0.2, 0.25) is 0 Å². The molecule has 1 fully saturated rings. The molecule has 190 valence electrons. The van der Waals surface area contributed by atoms with Crippen molar-refractivity contribution >= 4 is 21.5 Å². The van der Waals surface area contributed by atoms with Gasteiger partial charge in [-0.3, -0.25) is 4.90 Å². The molecule has 1 aliphatic heterocycles. The molecule has 3 aromatic carbocycles. The quantitative estimate of drug-likeness (QED) is 0.524. The Kier molecular flexibility index (Phi) is 11.1. The lowest BCUT2D eigenvalue weighted by Crippen LogP contribution is -2.35. The summed E-state index contributed by atoms with van der Waals surface area (Å²) in [5.41, 5.74) is 0. The van der Waals surface area contributed by atoms with Gasteiger partial charge in [-0.1, -0.05) is 48.5 Å². The molecule has 1 saturated heterocycles. The van der Waals surface area contributed by atoms with Gasteiger partial charge in [0.25, 0.3) is 0 Å². The van der Waals surface area contributed by atoms with Crippen molar-refractivity contribution in [3.05, 3.63) is 54.6 Å². The van der Waals surface area contributed by atoms with Crippen LogP contribution in [0, 0.1) is 0 Å². The highest BCUT2D eigenvalue weighted by atomic mass is 16.6. The summed E-state index contributed by atoms with van der Waals surface area (Å²) < 4.78 is 34.5. The van der Waals surface area contributed by atoms with Crippen LogP contribution in [0.25, 0.3) is 21.5 Å². The highest BCUT2D eigenvalue weighted by Crippen LogP contribution is 2.34. The molecule has 0 aromatic heterocycles. The van der Waals surface area contributed by atoms with E-state index < -0.39 is 0 Å². The van der Waals surface area contributed by atoms with Gasteiger partial charge in [0.2, 0.25) is 0 Å². The van der Waals surface area contributed by atoms with Gasteiger partial charge in [-0.15, -0.1) is 0 Å². The molecule has 0 unspecified atom stereocenters. The monoisotopic (exact) mass is 483 g/mol. The first-order valence-corrected chi connectivity index (χ1v) is 12.6. The second-order valence-electron chi connectivity index (χ2n) is 8.40. The van der Waals surface area contributed by atoms with Gasteiger partial charge >= 0.3 is 0 Å². The maximum Gasteiger partial charge on any atom is 0.135 e. The molecule has 7 nitrogen and oxygen atoms in total. The second-order valence-corrected chi connectivity index (χ2v) is 8.40. The highest BCUT2D eigenvalue weighted by molar-refractivity contribution is 6.05. The molecule has 0 spiro atoms. The Morgan fingerprint density at radius 2 is 1.00 bits per heavy atom. The van der Waals surface area contributed by atoms with Gasteiger partial charge in [-0.2, -0.15) is 0 Å². The van der Waals surface area contributed by atoms with Crippen molar-refractivity contribution in [1.29, 1.82) is 0 Å². The van der Waals surface area contributed by atoms with Crippen LogP contribution in [-0.4, -0.2) is 97.2 Å². The highest BCUT2D eigenvalue weighted by Gasteiger charge is 2.11. The Balaban J connectivity index is 1.33. The van der Waals surface area contributed by atoms with Crippen molar-refractivity contribution in [1.82, 2.24) is 4.90 Å². The molecular weight excluding hydrogens is 446 g/mol. The van der Waals surface area contributed by atoms with Crippen LogP contribution in [0.1, 0.15) is 0 Å². The predicted octanol–water partition coefficient (Wildman–Crippen LogP) is 3.77. The second kappa shape index (κ2) is 15.0. The van der Waals surface area contributed by atoms with E-state index in [9.17, 15) is 0 Å². The Morgan fingerprint density at radius 1 is 0.571 bits per heavy atom. The molecule has 0 atom stereocenters. The topological polar surface area (TPSA) is 58.6 Å². The van der Waals surface area contributed by atoms with Gasteiger partial charge in [0.1, 0.15) is 12.4 Å². The lowest BCUT2D eigenvalue weighted by molar-refractivity contribution is -0.0190. The van der Waals surface area contributed by atoms with Gasteiger partial charge in [-0.25, -0.2) is 0 Å². The van der Waals surface area contributed by atoms with E-state index in [1.165, 1.54) is 10.8 Å². The van der Waals surface area contributed by atoms with Crippen LogP contribution in [-0.2, 0) is 23.7 Å². The molecule has 0 saturated carbocycles. The van der Waals surface area contributed by atoms with Crippen molar-refractivity contribution in [2.45, 2.75) is 0 Å². The van der Waals surface area contributed by atoms with Crippen LogP contribution >= 0.6 is 0 Å². The number of rotatable bonds is 4. The molecule has 4 rings (SSSR count). The first-order chi connectivity index (χ1) is 17.4. The summed E-state index contributed by atoms with van der Waals surface area (Å²) >= 11 is 0. The van der Waals surface area contributed by atoms with E-state index in [4.69, 9.17) is 28.4 Å². The number of benzene rings is 3. The van der Waals surface area contributed by atoms with Crippen molar-refractivity contribution in [3.63, 3.8) is 0 Å². The minimum atomic E-state index is 0.568. The Hall–Kier alpha value is -2.26. The van der Waals surface area contributed by atoms with Gasteiger partial charge in [0.15, 0.2) is 0 Å². The molecule has 1 aliphatic rings. The number of hydrogen-bond acceptors (Lipinski definition) is 7. The molecule has 3 aromatic rings. The summed E-state index contributed by atoms with van der Waals surface area (Å²) in [5.74, 6) is 0.950.